The topological polar surface area (TPSA) is 35.2 Å². The lowest BCUT2D eigenvalue weighted by atomic mass is 10.1. The summed E-state index contributed by atoms with van der Waals surface area (Å²) in [6.07, 6.45) is 0. The van der Waals surface area contributed by atoms with E-state index in [1.807, 2.05) is 12.1 Å². The van der Waals surface area contributed by atoms with Crippen LogP contribution in [0.15, 0.2) is 42.5 Å². The number of hydrogen-bond acceptors (Lipinski definition) is 2. The van der Waals surface area contributed by atoms with E-state index in [-0.39, 0.29) is 5.75 Å². The fourth-order valence-corrected chi connectivity index (χ4v) is 1.73. The maximum absolute atomic E-state index is 13.7. The molecule has 0 saturated heterocycles. The number of benzene rings is 2. The minimum Gasteiger partial charge on any atom is -0.489 e. The molecule has 0 heterocycles. The monoisotopic (exact) mass is 265 g/mol. The molecule has 0 spiro atoms. The minimum atomic E-state index is -0.393. The number of hydrogen-bond donors (Lipinski definition) is 1. The lowest BCUT2D eigenvalue weighted by molar-refractivity contribution is 0.311. The van der Waals surface area contributed by atoms with E-state index in [4.69, 9.17) is 22.1 Å². The average molecular weight is 266 g/mol. The van der Waals surface area contributed by atoms with Crippen molar-refractivity contribution in [3.8, 4) is 16.9 Å². The second-order valence-electron chi connectivity index (χ2n) is 3.79. The predicted molar refractivity (Wildman–Crippen MR) is 71.4 cm³/mol. The van der Waals surface area contributed by atoms with Crippen LogP contribution in [0.4, 0.5) is 4.39 Å². The van der Waals surface area contributed by atoms with Gasteiger partial charge in [-0.1, -0.05) is 29.8 Å². The molecule has 0 aromatic heterocycles. The van der Waals surface area contributed by atoms with Gasteiger partial charge in [-0.2, -0.15) is 0 Å². The van der Waals surface area contributed by atoms with Crippen LogP contribution < -0.4 is 10.5 Å². The van der Waals surface area contributed by atoms with Gasteiger partial charge in [0.1, 0.15) is 6.61 Å². The number of rotatable bonds is 4. The van der Waals surface area contributed by atoms with E-state index in [1.54, 1.807) is 24.3 Å². The average Bonchev–Trinajstić information content (AvgIpc) is 2.38. The summed E-state index contributed by atoms with van der Waals surface area (Å²) in [5, 5.41) is 0.655. The van der Waals surface area contributed by atoms with Crippen molar-refractivity contribution >= 4 is 11.6 Å². The molecule has 2 rings (SSSR count). The highest BCUT2D eigenvalue weighted by Crippen LogP contribution is 2.26. The predicted octanol–water partition coefficient (Wildman–Crippen LogP) is 3.48. The summed E-state index contributed by atoms with van der Waals surface area (Å²) in [6.45, 7) is 0.662. The summed E-state index contributed by atoms with van der Waals surface area (Å²) in [6, 6.07) is 12.1. The highest BCUT2D eigenvalue weighted by atomic mass is 35.5. The minimum absolute atomic E-state index is 0.221. The standard InChI is InChI=1S/C14H13ClFNO/c15-12-4-1-10(2-5-12)11-3-6-14(13(16)9-11)18-8-7-17/h1-6,9H,7-8,17H2. The number of ether oxygens (including phenoxy) is 1. The van der Waals surface area contributed by atoms with Crippen molar-refractivity contribution in [3.63, 3.8) is 0 Å². The van der Waals surface area contributed by atoms with Gasteiger partial charge in [0.05, 0.1) is 0 Å². The Morgan fingerprint density at radius 2 is 1.72 bits per heavy atom. The summed E-state index contributed by atoms with van der Waals surface area (Å²) >= 11 is 5.81. The number of nitrogens with two attached hydrogens (primary N) is 1. The first kappa shape index (κ1) is 12.9. The molecule has 94 valence electrons. The molecular weight excluding hydrogens is 253 g/mol. The lowest BCUT2D eigenvalue weighted by Crippen LogP contribution is -2.11. The molecule has 0 fully saturated rings. The second-order valence-corrected chi connectivity index (χ2v) is 4.23. The molecule has 18 heavy (non-hydrogen) atoms. The van der Waals surface area contributed by atoms with Gasteiger partial charge in [0.15, 0.2) is 11.6 Å². The highest BCUT2D eigenvalue weighted by Gasteiger charge is 2.06. The van der Waals surface area contributed by atoms with Gasteiger partial charge >= 0.3 is 0 Å². The van der Waals surface area contributed by atoms with Crippen LogP contribution in [0.1, 0.15) is 0 Å². The van der Waals surface area contributed by atoms with Gasteiger partial charge in [0.2, 0.25) is 0 Å². The molecule has 0 bridgehead atoms. The molecule has 2 aromatic carbocycles. The molecule has 2 N–H and O–H groups in total. The smallest absolute Gasteiger partial charge is 0.165 e. The Morgan fingerprint density at radius 1 is 1.06 bits per heavy atom. The Labute approximate surface area is 110 Å². The molecule has 2 nitrogen and oxygen atoms in total. The lowest BCUT2D eigenvalue weighted by Gasteiger charge is -2.08. The van der Waals surface area contributed by atoms with E-state index in [1.165, 1.54) is 6.07 Å². The van der Waals surface area contributed by atoms with Gasteiger partial charge in [-0.3, -0.25) is 0 Å². The summed E-state index contributed by atoms with van der Waals surface area (Å²) in [5.74, 6) is -0.172. The molecule has 0 saturated carbocycles. The Balaban J connectivity index is 2.25. The van der Waals surface area contributed by atoms with Crippen molar-refractivity contribution in [2.45, 2.75) is 0 Å². The fourth-order valence-electron chi connectivity index (χ4n) is 1.61. The van der Waals surface area contributed by atoms with E-state index in [0.717, 1.165) is 11.1 Å². The third-order valence-corrected chi connectivity index (χ3v) is 2.74. The van der Waals surface area contributed by atoms with Crippen LogP contribution >= 0.6 is 11.6 Å². The van der Waals surface area contributed by atoms with Gasteiger partial charge in [0.25, 0.3) is 0 Å². The normalized spacial score (nSPS) is 10.4. The molecular formula is C14H13ClFNO. The Kier molecular flexibility index (Phi) is 4.18. The van der Waals surface area contributed by atoms with Crippen molar-refractivity contribution in [1.29, 1.82) is 0 Å². The summed E-state index contributed by atoms with van der Waals surface area (Å²) in [7, 11) is 0. The first-order chi connectivity index (χ1) is 8.70. The Hall–Kier alpha value is -1.58. The molecule has 0 atom stereocenters. The van der Waals surface area contributed by atoms with Crippen molar-refractivity contribution in [1.82, 2.24) is 0 Å². The zero-order chi connectivity index (χ0) is 13.0. The van der Waals surface area contributed by atoms with Crippen LogP contribution in [0.25, 0.3) is 11.1 Å². The first-order valence-corrected chi connectivity index (χ1v) is 5.97. The molecule has 0 aliphatic heterocycles. The van der Waals surface area contributed by atoms with Gasteiger partial charge in [-0.15, -0.1) is 0 Å². The maximum atomic E-state index is 13.7. The van der Waals surface area contributed by atoms with E-state index in [9.17, 15) is 4.39 Å². The Morgan fingerprint density at radius 3 is 2.33 bits per heavy atom. The zero-order valence-corrected chi connectivity index (χ0v) is 10.5. The van der Waals surface area contributed by atoms with Gasteiger partial charge in [-0.05, 0) is 35.4 Å². The van der Waals surface area contributed by atoms with Crippen LogP contribution in [0, 0.1) is 5.82 Å². The largest absolute Gasteiger partial charge is 0.489 e. The van der Waals surface area contributed by atoms with Crippen LogP contribution in [0.2, 0.25) is 5.02 Å². The summed E-state index contributed by atoms with van der Waals surface area (Å²) in [4.78, 5) is 0. The summed E-state index contributed by atoms with van der Waals surface area (Å²) < 4.78 is 18.9. The third kappa shape index (κ3) is 3.00. The molecule has 0 radical (unpaired) electrons. The van der Waals surface area contributed by atoms with E-state index in [2.05, 4.69) is 0 Å². The maximum Gasteiger partial charge on any atom is 0.165 e. The van der Waals surface area contributed by atoms with Gasteiger partial charge in [-0.25, -0.2) is 4.39 Å². The molecule has 4 heteroatoms. The van der Waals surface area contributed by atoms with Crippen LogP contribution in [0.3, 0.4) is 0 Å². The quantitative estimate of drug-likeness (QED) is 0.919. The van der Waals surface area contributed by atoms with Crippen LogP contribution in [0.5, 0.6) is 5.75 Å². The number of halogens is 2. The third-order valence-electron chi connectivity index (χ3n) is 2.48. The van der Waals surface area contributed by atoms with E-state index in [0.29, 0.717) is 18.2 Å². The van der Waals surface area contributed by atoms with Crippen LogP contribution in [-0.4, -0.2) is 13.2 Å². The second kappa shape index (κ2) is 5.85. The van der Waals surface area contributed by atoms with E-state index >= 15 is 0 Å². The van der Waals surface area contributed by atoms with Crippen molar-refractivity contribution in [3.05, 3.63) is 53.3 Å². The molecule has 0 aliphatic rings. The van der Waals surface area contributed by atoms with E-state index < -0.39 is 5.82 Å². The van der Waals surface area contributed by atoms with Crippen LogP contribution in [-0.2, 0) is 0 Å². The van der Waals surface area contributed by atoms with Gasteiger partial charge in [0, 0.05) is 11.6 Å². The molecule has 0 amide bonds. The SMILES string of the molecule is NCCOc1ccc(-c2ccc(Cl)cc2)cc1F. The van der Waals surface area contributed by atoms with Gasteiger partial charge < -0.3 is 10.5 Å². The first-order valence-electron chi connectivity index (χ1n) is 5.59. The van der Waals surface area contributed by atoms with Crippen molar-refractivity contribution in [2.75, 3.05) is 13.2 Å². The molecule has 0 unspecified atom stereocenters. The van der Waals surface area contributed by atoms with Crippen molar-refractivity contribution in [2.24, 2.45) is 5.73 Å². The highest BCUT2D eigenvalue weighted by molar-refractivity contribution is 6.30. The molecule has 2 aromatic rings. The zero-order valence-electron chi connectivity index (χ0n) is 9.70. The Bertz CT molecular complexity index is 528. The van der Waals surface area contributed by atoms with Crippen molar-refractivity contribution < 1.29 is 9.13 Å². The molecule has 0 aliphatic carbocycles. The summed E-state index contributed by atoms with van der Waals surface area (Å²) in [5.41, 5.74) is 6.99. The fraction of sp³-hybridized carbons (Fsp3) is 0.143.